The third kappa shape index (κ3) is 8.64. The van der Waals surface area contributed by atoms with Crippen LogP contribution >= 0.6 is 0 Å². The van der Waals surface area contributed by atoms with Gasteiger partial charge in [0.15, 0.2) is 12.4 Å². The molecule has 12 heteroatoms. The second-order valence-electron chi connectivity index (χ2n) is 6.60. The van der Waals surface area contributed by atoms with Crippen molar-refractivity contribution >= 4 is 17.8 Å². The van der Waals surface area contributed by atoms with Gasteiger partial charge in [-0.2, -0.15) is 18.2 Å². The van der Waals surface area contributed by atoms with Gasteiger partial charge in [-0.1, -0.05) is 0 Å². The lowest BCUT2D eigenvalue weighted by Crippen LogP contribution is -2.45. The van der Waals surface area contributed by atoms with Crippen LogP contribution in [0, 0.1) is 0 Å². The Balaban J connectivity index is 2.77. The van der Waals surface area contributed by atoms with E-state index >= 15 is 0 Å². The van der Waals surface area contributed by atoms with Crippen molar-refractivity contribution in [1.82, 2.24) is 15.3 Å². The maximum atomic E-state index is 12.6. The molecule has 1 rings (SSSR count). The summed E-state index contributed by atoms with van der Waals surface area (Å²) in [7, 11) is 0. The van der Waals surface area contributed by atoms with Crippen molar-refractivity contribution in [2.75, 3.05) is 6.61 Å². The van der Waals surface area contributed by atoms with Crippen LogP contribution in [0.15, 0.2) is 12.3 Å². The third-order valence-corrected chi connectivity index (χ3v) is 2.97. The lowest BCUT2D eigenvalue weighted by Gasteiger charge is -2.23. The zero-order valence-electron chi connectivity index (χ0n) is 15.4. The van der Waals surface area contributed by atoms with Gasteiger partial charge >= 0.3 is 18.2 Å². The normalized spacial score (nSPS) is 12.8. The molecule has 2 N–H and O–H groups in total. The van der Waals surface area contributed by atoms with E-state index in [1.807, 2.05) is 0 Å². The summed E-state index contributed by atoms with van der Waals surface area (Å²) in [5.41, 5.74) is -0.851. The topological polar surface area (TPSA) is 128 Å². The van der Waals surface area contributed by atoms with Crippen molar-refractivity contribution in [2.24, 2.45) is 0 Å². The van der Waals surface area contributed by atoms with Gasteiger partial charge in [0.2, 0.25) is 11.7 Å². The molecule has 28 heavy (non-hydrogen) atoms. The molecule has 0 aromatic carbocycles. The predicted molar refractivity (Wildman–Crippen MR) is 87.6 cm³/mol. The molecule has 0 bridgehead atoms. The summed E-state index contributed by atoms with van der Waals surface area (Å²) in [5.74, 6) is -3.90. The van der Waals surface area contributed by atoms with Crippen LogP contribution in [0.5, 0.6) is 5.88 Å². The number of rotatable bonds is 8. The van der Waals surface area contributed by atoms with E-state index in [0.29, 0.717) is 0 Å². The summed E-state index contributed by atoms with van der Waals surface area (Å²) >= 11 is 0. The van der Waals surface area contributed by atoms with Crippen molar-refractivity contribution in [3.05, 3.63) is 18.1 Å². The zero-order valence-corrected chi connectivity index (χ0v) is 15.4. The van der Waals surface area contributed by atoms with Gasteiger partial charge in [-0.3, -0.25) is 9.59 Å². The van der Waals surface area contributed by atoms with E-state index in [2.05, 4.69) is 15.3 Å². The molecule has 0 fully saturated rings. The summed E-state index contributed by atoms with van der Waals surface area (Å²) in [6.45, 7) is 4.04. The molecule has 156 valence electrons. The first-order valence-corrected chi connectivity index (χ1v) is 8.05. The second kappa shape index (κ2) is 9.33. The average Bonchev–Trinajstić information content (AvgIpc) is 2.54. The number of hydrogen-bond donors (Lipinski definition) is 2. The SMILES string of the molecule is CC(C)(C)OC(=O)NC(CCC(=O)O)C(=O)COc1ccnc(C(F)(F)F)n1. The Morgan fingerprint density at radius 1 is 1.25 bits per heavy atom. The summed E-state index contributed by atoms with van der Waals surface area (Å²) in [5, 5.41) is 11.0. The first kappa shape index (κ1) is 23.1. The van der Waals surface area contributed by atoms with Crippen LogP contribution in [0.4, 0.5) is 18.0 Å². The quantitative estimate of drug-likeness (QED) is 0.671. The van der Waals surface area contributed by atoms with Gasteiger partial charge in [-0.05, 0) is 27.2 Å². The molecule has 1 heterocycles. The number of amides is 1. The highest BCUT2D eigenvalue weighted by Crippen LogP contribution is 2.26. The highest BCUT2D eigenvalue weighted by molar-refractivity contribution is 5.89. The highest BCUT2D eigenvalue weighted by Gasteiger charge is 2.35. The number of aliphatic carboxylic acids is 1. The number of alkyl carbamates (subject to hydrolysis) is 1. The number of ether oxygens (including phenoxy) is 2. The molecule has 9 nitrogen and oxygen atoms in total. The molecular weight excluding hydrogens is 387 g/mol. The van der Waals surface area contributed by atoms with Crippen molar-refractivity contribution in [3.63, 3.8) is 0 Å². The van der Waals surface area contributed by atoms with Gasteiger partial charge in [-0.15, -0.1) is 0 Å². The Bertz CT molecular complexity index is 718. The van der Waals surface area contributed by atoms with Crippen molar-refractivity contribution in [2.45, 2.75) is 51.4 Å². The van der Waals surface area contributed by atoms with Gasteiger partial charge in [0.25, 0.3) is 0 Å². The van der Waals surface area contributed by atoms with Crippen LogP contribution in [-0.4, -0.2) is 51.2 Å². The van der Waals surface area contributed by atoms with Crippen LogP contribution < -0.4 is 10.1 Å². The molecule has 0 radical (unpaired) electrons. The number of carboxylic acid groups (broad SMARTS) is 1. The molecule has 1 unspecified atom stereocenters. The van der Waals surface area contributed by atoms with E-state index < -0.39 is 60.4 Å². The second-order valence-corrected chi connectivity index (χ2v) is 6.60. The number of alkyl halides is 3. The Kier molecular flexibility index (Phi) is 7.70. The van der Waals surface area contributed by atoms with Crippen molar-refractivity contribution in [1.29, 1.82) is 0 Å². The van der Waals surface area contributed by atoms with Crippen LogP contribution in [0.25, 0.3) is 0 Å². The smallest absolute Gasteiger partial charge is 0.451 e. The molecule has 0 aliphatic carbocycles. The minimum atomic E-state index is -4.79. The predicted octanol–water partition coefficient (Wildman–Crippen LogP) is 2.20. The van der Waals surface area contributed by atoms with Crippen LogP contribution in [-0.2, 0) is 20.5 Å². The largest absolute Gasteiger partial charge is 0.481 e. The zero-order chi connectivity index (χ0) is 21.5. The minimum absolute atomic E-state index is 0.256. The maximum Gasteiger partial charge on any atom is 0.451 e. The van der Waals surface area contributed by atoms with E-state index in [0.717, 1.165) is 12.3 Å². The number of aromatic nitrogens is 2. The van der Waals surface area contributed by atoms with Gasteiger partial charge < -0.3 is 19.9 Å². The number of ketones is 1. The molecule has 0 saturated carbocycles. The Hall–Kier alpha value is -2.92. The fourth-order valence-corrected chi connectivity index (χ4v) is 1.84. The monoisotopic (exact) mass is 407 g/mol. The Morgan fingerprint density at radius 2 is 1.89 bits per heavy atom. The number of hydrogen-bond acceptors (Lipinski definition) is 7. The lowest BCUT2D eigenvalue weighted by molar-refractivity contribution is -0.145. The van der Waals surface area contributed by atoms with Gasteiger partial charge in [-0.25, -0.2) is 9.78 Å². The molecule has 0 aliphatic heterocycles. The first-order chi connectivity index (χ1) is 12.8. The fourth-order valence-electron chi connectivity index (χ4n) is 1.84. The molecule has 0 saturated heterocycles. The number of halogens is 3. The van der Waals surface area contributed by atoms with Crippen molar-refractivity contribution in [3.8, 4) is 5.88 Å². The first-order valence-electron chi connectivity index (χ1n) is 8.05. The maximum absolute atomic E-state index is 12.6. The number of carbonyl (C=O) groups is 3. The van der Waals surface area contributed by atoms with Crippen LogP contribution in [0.1, 0.15) is 39.4 Å². The Morgan fingerprint density at radius 3 is 2.43 bits per heavy atom. The van der Waals surface area contributed by atoms with E-state index in [-0.39, 0.29) is 6.42 Å². The van der Waals surface area contributed by atoms with Gasteiger partial charge in [0.05, 0.1) is 6.04 Å². The molecule has 0 aliphatic rings. The van der Waals surface area contributed by atoms with Gasteiger partial charge in [0.1, 0.15) is 5.60 Å². The van der Waals surface area contributed by atoms with Gasteiger partial charge in [0, 0.05) is 18.7 Å². The van der Waals surface area contributed by atoms with E-state index in [4.69, 9.17) is 14.6 Å². The summed E-state index contributed by atoms with van der Waals surface area (Å²) in [4.78, 5) is 41.0. The minimum Gasteiger partial charge on any atom is -0.481 e. The third-order valence-electron chi connectivity index (χ3n) is 2.97. The summed E-state index contributed by atoms with van der Waals surface area (Å²) in [6.07, 6.45) is -5.60. The number of carbonyl (C=O) groups excluding carboxylic acids is 2. The lowest BCUT2D eigenvalue weighted by atomic mass is 10.1. The summed E-state index contributed by atoms with van der Waals surface area (Å²) in [6, 6.07) is -0.245. The molecule has 0 spiro atoms. The van der Waals surface area contributed by atoms with E-state index in [1.165, 1.54) is 0 Å². The van der Waals surface area contributed by atoms with E-state index in [1.54, 1.807) is 20.8 Å². The number of Topliss-reactive ketones (excluding diaryl/α,β-unsaturated/α-hetero) is 1. The van der Waals surface area contributed by atoms with E-state index in [9.17, 15) is 27.6 Å². The van der Waals surface area contributed by atoms with Crippen LogP contribution in [0.2, 0.25) is 0 Å². The number of carboxylic acids is 1. The number of nitrogens with zero attached hydrogens (tertiary/aromatic N) is 2. The highest BCUT2D eigenvalue weighted by atomic mass is 19.4. The standard InChI is InChI=1S/C16H20F3N3O6/c1-15(2,3)28-14(26)21-9(4-5-12(24)25)10(23)8-27-11-6-7-20-13(22-11)16(17,18)19/h6-7,9H,4-5,8H2,1-3H3,(H,21,26)(H,24,25). The average molecular weight is 407 g/mol. The Labute approximate surface area is 158 Å². The molecule has 1 atom stereocenters. The number of nitrogens with one attached hydrogen (secondary N) is 1. The van der Waals surface area contributed by atoms with Crippen LogP contribution in [0.3, 0.4) is 0 Å². The van der Waals surface area contributed by atoms with Crippen molar-refractivity contribution < 1.29 is 42.1 Å². The molecule has 1 amide bonds. The molecular formula is C16H20F3N3O6. The molecule has 1 aromatic rings. The fraction of sp³-hybridized carbons (Fsp3) is 0.562. The summed E-state index contributed by atoms with van der Waals surface area (Å²) < 4.78 is 47.7. The molecule has 1 aromatic heterocycles.